The van der Waals surface area contributed by atoms with Gasteiger partial charge in [-0.1, -0.05) is 29.8 Å². The van der Waals surface area contributed by atoms with Crippen molar-refractivity contribution in [3.05, 3.63) is 23.8 Å². The standard InChI is InChI=1S/C17H24BrNO3/c1-5-12(6-2)17(21)19-14-9-8-13(16(20)11(4)18)10-15(14)22-7-3/h8-12H,5-7H2,1-4H3,(H,19,21). The van der Waals surface area contributed by atoms with Crippen molar-refractivity contribution < 1.29 is 14.3 Å². The number of hydrogen-bond donors (Lipinski definition) is 1. The maximum atomic E-state index is 12.2. The number of halogens is 1. The Morgan fingerprint density at radius 3 is 2.36 bits per heavy atom. The van der Waals surface area contributed by atoms with Crippen LogP contribution in [0, 0.1) is 5.92 Å². The molecule has 1 aromatic rings. The number of anilines is 1. The van der Waals surface area contributed by atoms with E-state index in [4.69, 9.17) is 4.74 Å². The molecule has 22 heavy (non-hydrogen) atoms. The van der Waals surface area contributed by atoms with E-state index < -0.39 is 0 Å². The molecule has 1 atom stereocenters. The molecule has 1 amide bonds. The minimum Gasteiger partial charge on any atom is -0.492 e. The molecule has 0 aliphatic rings. The van der Waals surface area contributed by atoms with Crippen molar-refractivity contribution in [1.29, 1.82) is 0 Å². The number of alkyl halides is 1. The fraction of sp³-hybridized carbons (Fsp3) is 0.529. The number of hydrogen-bond acceptors (Lipinski definition) is 3. The van der Waals surface area contributed by atoms with Gasteiger partial charge in [-0.3, -0.25) is 9.59 Å². The van der Waals surface area contributed by atoms with E-state index in [1.54, 1.807) is 25.1 Å². The van der Waals surface area contributed by atoms with Gasteiger partial charge >= 0.3 is 0 Å². The third-order valence-corrected chi connectivity index (χ3v) is 3.96. The second-order valence-corrected chi connectivity index (χ2v) is 6.50. The van der Waals surface area contributed by atoms with Gasteiger partial charge in [0, 0.05) is 11.5 Å². The number of carbonyl (C=O) groups excluding carboxylic acids is 2. The van der Waals surface area contributed by atoms with Gasteiger partial charge in [0.15, 0.2) is 5.78 Å². The van der Waals surface area contributed by atoms with Crippen molar-refractivity contribution >= 4 is 33.3 Å². The second-order valence-electron chi connectivity index (χ2n) is 5.13. The van der Waals surface area contributed by atoms with Gasteiger partial charge in [0.1, 0.15) is 5.75 Å². The minimum absolute atomic E-state index is 0.0149. The summed E-state index contributed by atoms with van der Waals surface area (Å²) >= 11 is 3.28. The van der Waals surface area contributed by atoms with Crippen LogP contribution in [0.4, 0.5) is 5.69 Å². The van der Waals surface area contributed by atoms with Gasteiger partial charge < -0.3 is 10.1 Å². The van der Waals surface area contributed by atoms with Crippen LogP contribution in [0.5, 0.6) is 5.75 Å². The summed E-state index contributed by atoms with van der Waals surface area (Å²) in [5, 5.41) is 2.91. The van der Waals surface area contributed by atoms with Crippen LogP contribution in [0.15, 0.2) is 18.2 Å². The average molecular weight is 370 g/mol. The van der Waals surface area contributed by atoms with Crippen LogP contribution >= 0.6 is 15.9 Å². The molecule has 0 saturated carbocycles. The highest BCUT2D eigenvalue weighted by molar-refractivity contribution is 9.10. The van der Waals surface area contributed by atoms with Gasteiger partial charge in [-0.05, 0) is 44.9 Å². The minimum atomic E-state index is -0.257. The lowest BCUT2D eigenvalue weighted by atomic mass is 10.0. The zero-order chi connectivity index (χ0) is 16.7. The second kappa shape index (κ2) is 8.93. The number of amides is 1. The van der Waals surface area contributed by atoms with Crippen LogP contribution in [0.1, 0.15) is 50.9 Å². The zero-order valence-corrected chi connectivity index (χ0v) is 15.2. The largest absolute Gasteiger partial charge is 0.492 e. The van der Waals surface area contributed by atoms with Crippen molar-refractivity contribution in [3.63, 3.8) is 0 Å². The molecule has 0 spiro atoms. The van der Waals surface area contributed by atoms with Gasteiger partial charge in [0.05, 0.1) is 17.1 Å². The zero-order valence-electron chi connectivity index (χ0n) is 13.6. The van der Waals surface area contributed by atoms with Crippen LogP contribution in [0.2, 0.25) is 0 Å². The normalized spacial score (nSPS) is 12.1. The predicted molar refractivity (Wildman–Crippen MR) is 93.0 cm³/mol. The molecule has 0 heterocycles. The Balaban J connectivity index is 3.04. The molecule has 0 saturated heterocycles. The monoisotopic (exact) mass is 369 g/mol. The number of ether oxygens (including phenoxy) is 1. The van der Waals surface area contributed by atoms with E-state index in [1.807, 2.05) is 20.8 Å². The lowest BCUT2D eigenvalue weighted by Crippen LogP contribution is -2.22. The number of carbonyl (C=O) groups is 2. The molecule has 0 aromatic heterocycles. The maximum Gasteiger partial charge on any atom is 0.227 e. The molecule has 122 valence electrons. The highest BCUT2D eigenvalue weighted by Gasteiger charge is 2.18. The summed E-state index contributed by atoms with van der Waals surface area (Å²) in [4.78, 5) is 24.0. The molecular formula is C17H24BrNO3. The van der Waals surface area contributed by atoms with Gasteiger partial charge in [-0.25, -0.2) is 0 Å². The van der Waals surface area contributed by atoms with Crippen LogP contribution in [-0.2, 0) is 4.79 Å². The molecule has 1 N–H and O–H groups in total. The molecule has 0 aliphatic heterocycles. The van der Waals surface area contributed by atoms with E-state index >= 15 is 0 Å². The third kappa shape index (κ3) is 4.83. The number of Topliss-reactive ketones (excluding diaryl/α,β-unsaturated/α-hetero) is 1. The summed E-state index contributed by atoms with van der Waals surface area (Å²) in [5.41, 5.74) is 1.17. The lowest BCUT2D eigenvalue weighted by Gasteiger charge is -2.16. The van der Waals surface area contributed by atoms with E-state index in [2.05, 4.69) is 21.2 Å². The molecule has 1 rings (SSSR count). The van der Waals surface area contributed by atoms with Crippen LogP contribution in [0.25, 0.3) is 0 Å². The van der Waals surface area contributed by atoms with Gasteiger partial charge in [-0.2, -0.15) is 0 Å². The summed E-state index contributed by atoms with van der Waals surface area (Å²) in [7, 11) is 0. The fourth-order valence-corrected chi connectivity index (χ4v) is 2.44. The molecule has 1 aromatic carbocycles. The molecule has 0 fully saturated rings. The summed E-state index contributed by atoms with van der Waals surface area (Å²) in [5.74, 6) is 0.483. The Hall–Kier alpha value is -1.36. The van der Waals surface area contributed by atoms with Crippen LogP contribution in [0.3, 0.4) is 0 Å². The van der Waals surface area contributed by atoms with Gasteiger partial charge in [0.2, 0.25) is 5.91 Å². The van der Waals surface area contributed by atoms with Crippen LogP contribution in [-0.4, -0.2) is 23.1 Å². The maximum absolute atomic E-state index is 12.2. The van der Waals surface area contributed by atoms with Gasteiger partial charge in [-0.15, -0.1) is 0 Å². The average Bonchev–Trinajstić information content (AvgIpc) is 2.49. The van der Waals surface area contributed by atoms with Gasteiger partial charge in [0.25, 0.3) is 0 Å². The van der Waals surface area contributed by atoms with E-state index in [0.717, 1.165) is 12.8 Å². The molecular weight excluding hydrogens is 346 g/mol. The van der Waals surface area contributed by atoms with Crippen molar-refractivity contribution in [2.24, 2.45) is 5.92 Å². The Morgan fingerprint density at radius 2 is 1.86 bits per heavy atom. The highest BCUT2D eigenvalue weighted by Crippen LogP contribution is 2.28. The molecule has 0 aliphatic carbocycles. The Kier molecular flexibility index (Phi) is 7.59. The number of rotatable bonds is 8. The predicted octanol–water partition coefficient (Wildman–Crippen LogP) is 4.43. The molecule has 4 nitrogen and oxygen atoms in total. The first-order chi connectivity index (χ1) is 10.4. The summed E-state index contributed by atoms with van der Waals surface area (Å²) in [6.45, 7) is 8.11. The van der Waals surface area contributed by atoms with Crippen molar-refractivity contribution in [2.45, 2.75) is 45.4 Å². The van der Waals surface area contributed by atoms with E-state index in [9.17, 15) is 9.59 Å². The third-order valence-electron chi connectivity index (χ3n) is 3.54. The molecule has 5 heteroatoms. The first kappa shape index (κ1) is 18.7. The quantitative estimate of drug-likeness (QED) is 0.544. The Morgan fingerprint density at radius 1 is 1.23 bits per heavy atom. The lowest BCUT2D eigenvalue weighted by molar-refractivity contribution is -0.120. The van der Waals surface area contributed by atoms with E-state index in [-0.39, 0.29) is 22.4 Å². The SMILES string of the molecule is CCOc1cc(C(=O)C(C)Br)ccc1NC(=O)C(CC)CC. The van der Waals surface area contributed by atoms with E-state index in [1.165, 1.54) is 0 Å². The molecule has 1 unspecified atom stereocenters. The van der Waals surface area contributed by atoms with Crippen molar-refractivity contribution in [2.75, 3.05) is 11.9 Å². The molecule has 0 radical (unpaired) electrons. The fourth-order valence-electron chi connectivity index (χ4n) is 2.18. The highest BCUT2D eigenvalue weighted by atomic mass is 79.9. The topological polar surface area (TPSA) is 55.4 Å². The summed E-state index contributed by atoms with van der Waals surface area (Å²) < 4.78 is 5.57. The number of benzene rings is 1. The Bertz CT molecular complexity index is 525. The summed E-state index contributed by atoms with van der Waals surface area (Å²) in [6.07, 6.45) is 1.59. The van der Waals surface area contributed by atoms with Crippen molar-refractivity contribution in [1.82, 2.24) is 0 Å². The first-order valence-corrected chi connectivity index (χ1v) is 8.62. The number of ketones is 1. The number of nitrogens with one attached hydrogen (secondary N) is 1. The Labute approximate surface area is 140 Å². The van der Waals surface area contributed by atoms with Crippen LogP contribution < -0.4 is 10.1 Å². The first-order valence-electron chi connectivity index (χ1n) is 7.70. The van der Waals surface area contributed by atoms with E-state index in [0.29, 0.717) is 23.6 Å². The summed E-state index contributed by atoms with van der Waals surface area (Å²) in [6, 6.07) is 5.13. The molecule has 0 bridgehead atoms. The smallest absolute Gasteiger partial charge is 0.227 e. The van der Waals surface area contributed by atoms with Crippen molar-refractivity contribution in [3.8, 4) is 5.75 Å².